The number of halogens is 1. The molecule has 2 fully saturated rings. The summed E-state index contributed by atoms with van der Waals surface area (Å²) >= 11 is 0. The van der Waals surface area contributed by atoms with Gasteiger partial charge in [0.2, 0.25) is 5.91 Å². The molecule has 2 aromatic heterocycles. The number of amides is 1. The van der Waals surface area contributed by atoms with Gasteiger partial charge in [0.15, 0.2) is 5.82 Å². The van der Waals surface area contributed by atoms with Crippen LogP contribution in [-0.4, -0.2) is 52.8 Å². The van der Waals surface area contributed by atoms with E-state index in [9.17, 15) is 9.18 Å². The highest BCUT2D eigenvalue weighted by Crippen LogP contribution is 2.32. The molecule has 2 N–H and O–H groups in total. The molecule has 7 nitrogen and oxygen atoms in total. The van der Waals surface area contributed by atoms with Crippen LogP contribution in [-0.2, 0) is 11.2 Å². The number of aliphatic imine (C=N–C) groups is 1. The molecule has 2 aliphatic rings. The number of rotatable bonds is 6. The number of nitrogens with two attached hydrogens (primary N) is 1. The molecule has 8 heteroatoms. The summed E-state index contributed by atoms with van der Waals surface area (Å²) in [6.45, 7) is 2.17. The molecule has 4 heterocycles. The molecule has 4 rings (SSSR count). The SMILES string of the molecule is C.N/C=N\c1ncccc1CCC[C@@H]1C[C@@H]2CN(c3ccc(F)cn3)CCN2C1=O. The zero-order valence-corrected chi connectivity index (χ0v) is 16.2. The first-order valence-electron chi connectivity index (χ1n) is 10.0. The molecular weight excluding hydrogens is 383 g/mol. The van der Waals surface area contributed by atoms with Gasteiger partial charge in [-0.25, -0.2) is 19.4 Å². The van der Waals surface area contributed by atoms with Gasteiger partial charge in [0.25, 0.3) is 0 Å². The van der Waals surface area contributed by atoms with Gasteiger partial charge >= 0.3 is 0 Å². The van der Waals surface area contributed by atoms with Gasteiger partial charge in [-0.15, -0.1) is 0 Å². The van der Waals surface area contributed by atoms with Gasteiger partial charge in [-0.05, 0) is 49.4 Å². The van der Waals surface area contributed by atoms with Crippen LogP contribution in [0, 0.1) is 11.7 Å². The number of aromatic nitrogens is 2. The minimum Gasteiger partial charge on any atom is -0.390 e. The smallest absolute Gasteiger partial charge is 0.226 e. The topological polar surface area (TPSA) is 87.7 Å². The largest absolute Gasteiger partial charge is 0.390 e. The van der Waals surface area contributed by atoms with E-state index in [2.05, 4.69) is 19.9 Å². The summed E-state index contributed by atoms with van der Waals surface area (Å²) < 4.78 is 13.1. The Morgan fingerprint density at radius 3 is 2.90 bits per heavy atom. The van der Waals surface area contributed by atoms with Crippen molar-refractivity contribution in [1.29, 1.82) is 0 Å². The molecule has 2 aliphatic heterocycles. The van der Waals surface area contributed by atoms with Crippen molar-refractivity contribution in [2.45, 2.75) is 39.2 Å². The number of anilines is 1. The first-order chi connectivity index (χ1) is 14.2. The van der Waals surface area contributed by atoms with Gasteiger partial charge in [0.1, 0.15) is 11.6 Å². The summed E-state index contributed by atoms with van der Waals surface area (Å²) in [6.07, 6.45) is 7.63. The first kappa shape index (κ1) is 21.7. The molecule has 160 valence electrons. The van der Waals surface area contributed by atoms with Crippen LogP contribution in [0.5, 0.6) is 0 Å². The van der Waals surface area contributed by atoms with Crippen LogP contribution in [0.25, 0.3) is 0 Å². The van der Waals surface area contributed by atoms with Crippen molar-refractivity contribution in [2.24, 2.45) is 16.6 Å². The van der Waals surface area contributed by atoms with E-state index in [1.54, 1.807) is 12.3 Å². The van der Waals surface area contributed by atoms with Gasteiger partial charge in [-0.1, -0.05) is 13.5 Å². The van der Waals surface area contributed by atoms with Crippen molar-refractivity contribution in [3.05, 3.63) is 48.0 Å². The fourth-order valence-corrected chi connectivity index (χ4v) is 4.37. The monoisotopic (exact) mass is 412 g/mol. The maximum Gasteiger partial charge on any atom is 0.226 e. The Morgan fingerprint density at radius 2 is 2.13 bits per heavy atom. The van der Waals surface area contributed by atoms with E-state index in [1.165, 1.54) is 18.6 Å². The number of aryl methyl sites for hydroxylation is 1. The Balaban J connectivity index is 0.00000256. The quantitative estimate of drug-likeness (QED) is 0.582. The molecule has 0 bridgehead atoms. The van der Waals surface area contributed by atoms with Gasteiger partial charge in [0.05, 0.1) is 18.6 Å². The van der Waals surface area contributed by atoms with Crippen LogP contribution in [0.1, 0.15) is 32.3 Å². The minimum absolute atomic E-state index is 0. The summed E-state index contributed by atoms with van der Waals surface area (Å²) in [5, 5.41) is 0. The second kappa shape index (κ2) is 9.65. The average molecular weight is 413 g/mol. The van der Waals surface area contributed by atoms with Crippen molar-refractivity contribution in [3.8, 4) is 0 Å². The molecule has 0 aromatic carbocycles. The number of carbonyl (C=O) groups excluding carboxylic acids is 1. The Labute approximate surface area is 176 Å². The second-order valence-corrected chi connectivity index (χ2v) is 7.56. The zero-order valence-electron chi connectivity index (χ0n) is 16.2. The highest BCUT2D eigenvalue weighted by Gasteiger charge is 2.42. The lowest BCUT2D eigenvalue weighted by molar-refractivity contribution is -0.132. The fourth-order valence-electron chi connectivity index (χ4n) is 4.37. The maximum atomic E-state index is 13.1. The van der Waals surface area contributed by atoms with Crippen LogP contribution in [0.4, 0.5) is 16.0 Å². The second-order valence-electron chi connectivity index (χ2n) is 7.56. The van der Waals surface area contributed by atoms with Crippen molar-refractivity contribution in [1.82, 2.24) is 14.9 Å². The molecule has 0 spiro atoms. The third-order valence-electron chi connectivity index (χ3n) is 5.77. The van der Waals surface area contributed by atoms with Gasteiger partial charge in [0, 0.05) is 31.7 Å². The highest BCUT2D eigenvalue weighted by molar-refractivity contribution is 5.82. The molecule has 0 unspecified atom stereocenters. The van der Waals surface area contributed by atoms with E-state index < -0.39 is 0 Å². The normalized spacial score (nSPS) is 21.0. The molecule has 1 amide bonds. The Bertz CT molecular complexity index is 887. The van der Waals surface area contributed by atoms with Gasteiger partial charge in [-0.3, -0.25) is 4.79 Å². The van der Waals surface area contributed by atoms with E-state index in [-0.39, 0.29) is 31.1 Å². The fraction of sp³-hybridized carbons (Fsp3) is 0.455. The number of hydrogen-bond acceptors (Lipinski definition) is 5. The Morgan fingerprint density at radius 1 is 1.27 bits per heavy atom. The molecule has 2 aromatic rings. The van der Waals surface area contributed by atoms with Crippen LogP contribution < -0.4 is 10.6 Å². The number of hydrogen-bond donors (Lipinski definition) is 1. The molecule has 2 saturated heterocycles. The Kier molecular flexibility index (Phi) is 6.97. The van der Waals surface area contributed by atoms with E-state index in [0.29, 0.717) is 12.4 Å². The summed E-state index contributed by atoms with van der Waals surface area (Å²) in [4.78, 5) is 29.5. The predicted molar refractivity (Wildman–Crippen MR) is 116 cm³/mol. The van der Waals surface area contributed by atoms with Crippen molar-refractivity contribution < 1.29 is 9.18 Å². The summed E-state index contributed by atoms with van der Waals surface area (Å²) in [6, 6.07) is 7.23. The lowest BCUT2D eigenvalue weighted by Gasteiger charge is -2.38. The van der Waals surface area contributed by atoms with Crippen molar-refractivity contribution >= 4 is 23.9 Å². The Hall–Kier alpha value is -3.03. The molecular formula is C22H29FN6O. The summed E-state index contributed by atoms with van der Waals surface area (Å²) in [5.41, 5.74) is 6.44. The summed E-state index contributed by atoms with van der Waals surface area (Å²) in [5.74, 6) is 1.39. The third-order valence-corrected chi connectivity index (χ3v) is 5.77. The number of pyridine rings is 2. The molecule has 0 aliphatic carbocycles. The van der Waals surface area contributed by atoms with Gasteiger partial charge < -0.3 is 15.5 Å². The average Bonchev–Trinajstić information content (AvgIpc) is 3.05. The predicted octanol–water partition coefficient (Wildman–Crippen LogP) is 2.93. The third kappa shape index (κ3) is 4.58. The summed E-state index contributed by atoms with van der Waals surface area (Å²) in [7, 11) is 0. The molecule has 2 atom stereocenters. The van der Waals surface area contributed by atoms with Crippen LogP contribution in [0.3, 0.4) is 0 Å². The van der Waals surface area contributed by atoms with Gasteiger partial charge in [-0.2, -0.15) is 0 Å². The number of piperazine rings is 1. The zero-order chi connectivity index (χ0) is 20.2. The maximum absolute atomic E-state index is 13.1. The van der Waals surface area contributed by atoms with E-state index in [4.69, 9.17) is 5.73 Å². The van der Waals surface area contributed by atoms with Crippen LogP contribution in [0.15, 0.2) is 41.7 Å². The van der Waals surface area contributed by atoms with Crippen LogP contribution in [0.2, 0.25) is 0 Å². The minimum atomic E-state index is -0.336. The standard InChI is InChI=1S/C21H25FN6O.CH4/c22-17-6-7-19(25-12-17)27-9-10-28-18(13-27)11-16(21(28)29)4-1-3-15-5-2-8-24-20(15)26-14-23;/h2,5-8,12,14,16,18H,1,3-4,9-11,13H2,(H2,23,24,26);1H4/t16-,18-;/m1./s1. The van der Waals surface area contributed by atoms with E-state index in [0.717, 1.165) is 50.2 Å². The first-order valence-corrected chi connectivity index (χ1v) is 10.0. The lowest BCUT2D eigenvalue weighted by atomic mass is 9.96. The van der Waals surface area contributed by atoms with E-state index in [1.807, 2.05) is 17.0 Å². The van der Waals surface area contributed by atoms with E-state index >= 15 is 0 Å². The molecule has 0 saturated carbocycles. The molecule has 0 radical (unpaired) electrons. The number of fused-ring (bicyclic) bond motifs is 1. The number of nitrogens with zero attached hydrogens (tertiary/aromatic N) is 5. The number of carbonyl (C=O) groups is 1. The molecule has 30 heavy (non-hydrogen) atoms. The van der Waals surface area contributed by atoms with Crippen LogP contribution >= 0.6 is 0 Å². The van der Waals surface area contributed by atoms with Crippen molar-refractivity contribution in [3.63, 3.8) is 0 Å². The lowest BCUT2D eigenvalue weighted by Crippen LogP contribution is -2.51. The van der Waals surface area contributed by atoms with Crippen molar-refractivity contribution in [2.75, 3.05) is 24.5 Å². The highest BCUT2D eigenvalue weighted by atomic mass is 19.1.